The molecular weight excluding hydrogens is 221 g/mol. The van der Waals surface area contributed by atoms with Crippen LogP contribution in [0.25, 0.3) is 0 Å². The maximum Gasteiger partial charge on any atom is 0.123 e. The fourth-order valence-corrected chi connectivity index (χ4v) is 1.96. The first-order valence-corrected chi connectivity index (χ1v) is 5.93. The molecule has 1 heterocycles. The highest BCUT2D eigenvalue weighted by Crippen LogP contribution is 2.22. The molecule has 0 aromatic heterocycles. The molecule has 1 aromatic carbocycles. The van der Waals surface area contributed by atoms with Crippen LogP contribution >= 0.6 is 0 Å². The molecule has 0 radical (unpaired) electrons. The first-order valence-electron chi connectivity index (χ1n) is 5.93. The van der Waals surface area contributed by atoms with Crippen LogP contribution in [0.3, 0.4) is 0 Å². The van der Waals surface area contributed by atoms with Crippen molar-refractivity contribution in [3.63, 3.8) is 0 Å². The lowest BCUT2D eigenvalue weighted by molar-refractivity contribution is -0.0156. The summed E-state index contributed by atoms with van der Waals surface area (Å²) < 4.78 is 24.1. The second-order valence-corrected chi connectivity index (χ2v) is 4.22. The van der Waals surface area contributed by atoms with Crippen LogP contribution in [0.15, 0.2) is 24.3 Å². The van der Waals surface area contributed by atoms with Gasteiger partial charge in [0, 0.05) is 13.2 Å². The van der Waals surface area contributed by atoms with Gasteiger partial charge >= 0.3 is 0 Å². The van der Waals surface area contributed by atoms with Crippen LogP contribution in [0.5, 0.6) is 0 Å². The van der Waals surface area contributed by atoms with Gasteiger partial charge in [0.2, 0.25) is 0 Å². The summed E-state index contributed by atoms with van der Waals surface area (Å²) in [5, 5.41) is 3.10. The third-order valence-electron chi connectivity index (χ3n) is 2.88. The van der Waals surface area contributed by atoms with E-state index in [0.717, 1.165) is 18.6 Å². The third-order valence-corrected chi connectivity index (χ3v) is 2.88. The lowest BCUT2D eigenvalue weighted by Gasteiger charge is -2.21. The summed E-state index contributed by atoms with van der Waals surface area (Å²) in [4.78, 5) is 0. The molecule has 1 aromatic rings. The molecule has 2 unspecified atom stereocenters. The number of likely N-dealkylation sites (N-methyl/N-ethyl adjacent to an activating group) is 1. The van der Waals surface area contributed by atoms with Gasteiger partial charge in [-0.3, -0.25) is 0 Å². The van der Waals surface area contributed by atoms with E-state index in [1.165, 1.54) is 12.1 Å². The average Bonchev–Trinajstić information content (AvgIpc) is 2.82. The van der Waals surface area contributed by atoms with Crippen LogP contribution in [-0.4, -0.2) is 32.9 Å². The van der Waals surface area contributed by atoms with Crippen LogP contribution in [0, 0.1) is 5.82 Å². The predicted molar refractivity (Wildman–Crippen MR) is 63.4 cm³/mol. The molecule has 1 N–H and O–H groups in total. The largest absolute Gasteiger partial charge is 0.379 e. The summed E-state index contributed by atoms with van der Waals surface area (Å²) in [6.07, 6.45) is 1.03. The fourth-order valence-electron chi connectivity index (χ4n) is 1.96. The molecule has 0 bridgehead atoms. The van der Waals surface area contributed by atoms with Gasteiger partial charge in [0.25, 0.3) is 0 Å². The summed E-state index contributed by atoms with van der Waals surface area (Å²) in [6.45, 7) is 2.13. The molecule has 0 aliphatic carbocycles. The van der Waals surface area contributed by atoms with Crippen molar-refractivity contribution in [3.05, 3.63) is 35.6 Å². The lowest BCUT2D eigenvalue weighted by Crippen LogP contribution is -2.25. The van der Waals surface area contributed by atoms with Crippen molar-refractivity contribution in [3.8, 4) is 0 Å². The summed E-state index contributed by atoms with van der Waals surface area (Å²) in [6, 6.07) is 6.47. The van der Waals surface area contributed by atoms with Crippen molar-refractivity contribution in [2.45, 2.75) is 18.6 Å². The van der Waals surface area contributed by atoms with Crippen molar-refractivity contribution in [1.82, 2.24) is 5.32 Å². The molecule has 0 saturated carbocycles. The Morgan fingerprint density at radius 1 is 1.47 bits per heavy atom. The zero-order chi connectivity index (χ0) is 12.1. The Morgan fingerprint density at radius 2 is 2.24 bits per heavy atom. The van der Waals surface area contributed by atoms with Crippen molar-refractivity contribution >= 4 is 0 Å². The molecular formula is C13H18FNO2. The van der Waals surface area contributed by atoms with Gasteiger partial charge in [-0.25, -0.2) is 4.39 Å². The highest BCUT2D eigenvalue weighted by atomic mass is 19.1. The van der Waals surface area contributed by atoms with Gasteiger partial charge in [0.05, 0.1) is 18.8 Å². The lowest BCUT2D eigenvalue weighted by atomic mass is 10.1. The Kier molecular flexibility index (Phi) is 4.48. The minimum atomic E-state index is -0.221. The number of hydrogen-bond donors (Lipinski definition) is 1. The molecule has 1 aliphatic rings. The molecule has 17 heavy (non-hydrogen) atoms. The maximum atomic E-state index is 12.9. The molecule has 2 atom stereocenters. The van der Waals surface area contributed by atoms with E-state index in [9.17, 15) is 4.39 Å². The predicted octanol–water partition coefficient (Wildman–Crippen LogP) is 1.89. The molecule has 4 heteroatoms. The van der Waals surface area contributed by atoms with Crippen molar-refractivity contribution in [2.75, 3.05) is 26.8 Å². The molecule has 0 amide bonds. The topological polar surface area (TPSA) is 30.5 Å². The van der Waals surface area contributed by atoms with E-state index in [-0.39, 0.29) is 18.0 Å². The molecule has 0 spiro atoms. The summed E-state index contributed by atoms with van der Waals surface area (Å²) in [5.41, 5.74) is 0.993. The monoisotopic (exact) mass is 239 g/mol. The Morgan fingerprint density at radius 3 is 2.82 bits per heavy atom. The summed E-state index contributed by atoms with van der Waals surface area (Å²) in [5.74, 6) is -0.221. The molecule has 1 saturated heterocycles. The van der Waals surface area contributed by atoms with E-state index in [1.54, 1.807) is 12.1 Å². The van der Waals surface area contributed by atoms with Crippen LogP contribution < -0.4 is 5.32 Å². The number of rotatable bonds is 5. The van der Waals surface area contributed by atoms with E-state index >= 15 is 0 Å². The van der Waals surface area contributed by atoms with Gasteiger partial charge < -0.3 is 14.8 Å². The van der Waals surface area contributed by atoms with Gasteiger partial charge in [0.1, 0.15) is 5.82 Å². The molecule has 2 rings (SSSR count). The van der Waals surface area contributed by atoms with E-state index in [0.29, 0.717) is 13.2 Å². The average molecular weight is 239 g/mol. The Bertz CT molecular complexity index is 336. The molecule has 1 aliphatic heterocycles. The molecule has 1 fully saturated rings. The van der Waals surface area contributed by atoms with Gasteiger partial charge in [-0.1, -0.05) is 12.1 Å². The minimum Gasteiger partial charge on any atom is -0.379 e. The first kappa shape index (κ1) is 12.5. The number of nitrogens with one attached hydrogen (secondary N) is 1. The van der Waals surface area contributed by atoms with E-state index < -0.39 is 0 Å². The number of hydrogen-bond acceptors (Lipinski definition) is 3. The maximum absolute atomic E-state index is 12.9. The molecule has 94 valence electrons. The van der Waals surface area contributed by atoms with Crippen molar-refractivity contribution < 1.29 is 13.9 Å². The van der Waals surface area contributed by atoms with Gasteiger partial charge in [-0.05, 0) is 31.2 Å². The number of halogens is 1. The smallest absolute Gasteiger partial charge is 0.123 e. The van der Waals surface area contributed by atoms with Gasteiger partial charge in [-0.15, -0.1) is 0 Å². The Balaban J connectivity index is 2.02. The highest BCUT2D eigenvalue weighted by molar-refractivity contribution is 5.19. The zero-order valence-electron chi connectivity index (χ0n) is 9.99. The van der Waals surface area contributed by atoms with Crippen LogP contribution in [0.2, 0.25) is 0 Å². The van der Waals surface area contributed by atoms with Crippen LogP contribution in [0.4, 0.5) is 4.39 Å². The van der Waals surface area contributed by atoms with E-state index in [4.69, 9.17) is 9.47 Å². The quantitative estimate of drug-likeness (QED) is 0.851. The van der Waals surface area contributed by atoms with Crippen LogP contribution in [-0.2, 0) is 9.47 Å². The second-order valence-electron chi connectivity index (χ2n) is 4.22. The first-order chi connectivity index (χ1) is 8.29. The Hall–Kier alpha value is -0.970. The highest BCUT2D eigenvalue weighted by Gasteiger charge is 2.21. The van der Waals surface area contributed by atoms with E-state index in [1.807, 2.05) is 7.05 Å². The standard InChI is InChI=1S/C13H18FNO2/c1-15-8-13(17-12-6-7-16-9-12)10-2-4-11(14)5-3-10/h2-5,12-13,15H,6-9H2,1H3. The fraction of sp³-hybridized carbons (Fsp3) is 0.538. The number of benzene rings is 1. The minimum absolute atomic E-state index is 0.0488. The van der Waals surface area contributed by atoms with Gasteiger partial charge in [0.15, 0.2) is 0 Å². The summed E-state index contributed by atoms with van der Waals surface area (Å²) >= 11 is 0. The summed E-state index contributed by atoms with van der Waals surface area (Å²) in [7, 11) is 1.88. The third kappa shape index (κ3) is 3.49. The Labute approximate surface area is 101 Å². The molecule has 3 nitrogen and oxygen atoms in total. The SMILES string of the molecule is CNCC(OC1CCOC1)c1ccc(F)cc1. The normalized spacial score (nSPS) is 21.6. The van der Waals surface area contributed by atoms with E-state index in [2.05, 4.69) is 5.32 Å². The van der Waals surface area contributed by atoms with Gasteiger partial charge in [-0.2, -0.15) is 0 Å². The second kappa shape index (κ2) is 6.10. The van der Waals surface area contributed by atoms with Crippen molar-refractivity contribution in [2.24, 2.45) is 0 Å². The zero-order valence-corrected chi connectivity index (χ0v) is 9.99. The van der Waals surface area contributed by atoms with Crippen molar-refractivity contribution in [1.29, 1.82) is 0 Å². The number of ether oxygens (including phenoxy) is 2. The van der Waals surface area contributed by atoms with Crippen LogP contribution in [0.1, 0.15) is 18.1 Å².